The number of amides is 1. The van der Waals surface area contributed by atoms with E-state index < -0.39 is 0 Å². The Morgan fingerprint density at radius 1 is 0.839 bits per heavy atom. The lowest BCUT2D eigenvalue weighted by atomic mass is 10.1. The molecule has 4 aromatic rings. The number of carbonyl (C=O) groups is 1. The van der Waals surface area contributed by atoms with Gasteiger partial charge >= 0.3 is 0 Å². The van der Waals surface area contributed by atoms with E-state index in [1.165, 1.54) is 11.8 Å². The Hall–Kier alpha value is -2.90. The van der Waals surface area contributed by atoms with Crippen LogP contribution in [-0.2, 0) is 17.9 Å². The van der Waals surface area contributed by atoms with Gasteiger partial charge in [0, 0.05) is 23.1 Å². The predicted molar refractivity (Wildman–Crippen MR) is 125 cm³/mol. The van der Waals surface area contributed by atoms with Gasteiger partial charge in [-0.15, -0.1) is 10.2 Å². The highest BCUT2D eigenvalue weighted by Crippen LogP contribution is 2.25. The van der Waals surface area contributed by atoms with Crippen LogP contribution in [0.15, 0.2) is 99.0 Å². The third-order valence-electron chi connectivity index (χ3n) is 4.60. The molecule has 0 aliphatic rings. The fourth-order valence-corrected chi connectivity index (χ4v) is 3.96. The quantitative estimate of drug-likeness (QED) is 0.289. The number of thioether (sulfide) groups is 1. The molecule has 0 saturated heterocycles. The first-order valence-corrected chi connectivity index (χ1v) is 11.5. The van der Waals surface area contributed by atoms with Crippen LogP contribution in [0.4, 0.5) is 0 Å². The summed E-state index contributed by atoms with van der Waals surface area (Å²) in [5.41, 5.74) is 3.02. The highest BCUT2D eigenvalue weighted by molar-refractivity contribution is 9.10. The summed E-state index contributed by atoms with van der Waals surface area (Å²) in [5, 5.41) is 8.56. The molecule has 0 fully saturated rings. The number of carbonyl (C=O) groups excluding carboxylic acids is 1. The summed E-state index contributed by atoms with van der Waals surface area (Å²) in [6.45, 7) is 1.09. The summed E-state index contributed by atoms with van der Waals surface area (Å²) in [6.07, 6.45) is 0. The van der Waals surface area contributed by atoms with Crippen LogP contribution < -0.4 is 0 Å². The van der Waals surface area contributed by atoms with Gasteiger partial charge in [0.2, 0.25) is 11.8 Å². The lowest BCUT2D eigenvalue weighted by molar-refractivity contribution is -0.129. The first kappa shape index (κ1) is 21.3. The van der Waals surface area contributed by atoms with Gasteiger partial charge < -0.3 is 9.32 Å². The van der Waals surface area contributed by atoms with E-state index in [4.69, 9.17) is 4.42 Å². The van der Waals surface area contributed by atoms with Crippen molar-refractivity contribution in [2.75, 3.05) is 5.75 Å². The number of halogens is 1. The summed E-state index contributed by atoms with van der Waals surface area (Å²) in [7, 11) is 0. The SMILES string of the molecule is O=C(CSc1nnc(-c2ccc(Br)cc2)o1)N(Cc1ccccc1)Cc1ccccc1. The Morgan fingerprint density at radius 3 is 2.00 bits per heavy atom. The maximum atomic E-state index is 13.0. The maximum absolute atomic E-state index is 13.0. The fraction of sp³-hybridized carbons (Fsp3) is 0.125. The van der Waals surface area contributed by atoms with Crippen molar-refractivity contribution < 1.29 is 9.21 Å². The van der Waals surface area contributed by atoms with Crippen LogP contribution in [0.25, 0.3) is 11.5 Å². The number of hydrogen-bond donors (Lipinski definition) is 0. The van der Waals surface area contributed by atoms with Gasteiger partial charge in [0.25, 0.3) is 5.22 Å². The van der Waals surface area contributed by atoms with Crippen molar-refractivity contribution in [3.63, 3.8) is 0 Å². The van der Waals surface area contributed by atoms with E-state index in [-0.39, 0.29) is 11.7 Å². The number of benzene rings is 3. The van der Waals surface area contributed by atoms with Crippen LogP contribution in [0.2, 0.25) is 0 Å². The number of nitrogens with zero attached hydrogens (tertiary/aromatic N) is 3. The van der Waals surface area contributed by atoms with Crippen LogP contribution in [0.3, 0.4) is 0 Å². The molecule has 1 aromatic heterocycles. The van der Waals surface area contributed by atoms with Crippen molar-refractivity contribution >= 4 is 33.6 Å². The molecular weight excluding hydrogens is 474 g/mol. The van der Waals surface area contributed by atoms with Gasteiger partial charge in [0.05, 0.1) is 5.75 Å². The van der Waals surface area contributed by atoms with E-state index in [1.54, 1.807) is 0 Å². The topological polar surface area (TPSA) is 59.2 Å². The first-order chi connectivity index (χ1) is 15.2. The van der Waals surface area contributed by atoms with E-state index in [0.29, 0.717) is 24.2 Å². The van der Waals surface area contributed by atoms with Crippen molar-refractivity contribution in [1.29, 1.82) is 0 Å². The summed E-state index contributed by atoms with van der Waals surface area (Å²) in [4.78, 5) is 14.9. The van der Waals surface area contributed by atoms with Gasteiger partial charge in [-0.05, 0) is 35.4 Å². The summed E-state index contributed by atoms with van der Waals surface area (Å²) < 4.78 is 6.71. The van der Waals surface area contributed by atoms with E-state index in [2.05, 4.69) is 26.1 Å². The number of hydrogen-bond acceptors (Lipinski definition) is 5. The van der Waals surface area contributed by atoms with Gasteiger partial charge in [-0.2, -0.15) is 0 Å². The molecule has 0 N–H and O–H groups in total. The van der Waals surface area contributed by atoms with Crippen LogP contribution >= 0.6 is 27.7 Å². The third-order valence-corrected chi connectivity index (χ3v) is 5.93. The van der Waals surface area contributed by atoms with Crippen molar-refractivity contribution in [2.24, 2.45) is 0 Å². The zero-order valence-electron chi connectivity index (χ0n) is 16.6. The first-order valence-electron chi connectivity index (χ1n) is 9.75. The fourth-order valence-electron chi connectivity index (χ4n) is 3.03. The summed E-state index contributed by atoms with van der Waals surface area (Å²) in [5.74, 6) is 0.677. The van der Waals surface area contributed by atoms with Gasteiger partial charge in [0.15, 0.2) is 0 Å². The Bertz CT molecular complexity index is 1080. The molecule has 0 atom stereocenters. The lowest BCUT2D eigenvalue weighted by Crippen LogP contribution is -2.31. The van der Waals surface area contributed by atoms with Crippen LogP contribution in [0.1, 0.15) is 11.1 Å². The Balaban J connectivity index is 1.42. The molecule has 1 amide bonds. The minimum absolute atomic E-state index is 0.0149. The number of aromatic nitrogens is 2. The van der Waals surface area contributed by atoms with Crippen molar-refractivity contribution in [1.82, 2.24) is 15.1 Å². The molecule has 4 rings (SSSR count). The summed E-state index contributed by atoms with van der Waals surface area (Å²) in [6, 6.07) is 27.6. The molecule has 0 aliphatic carbocycles. The molecule has 0 radical (unpaired) electrons. The highest BCUT2D eigenvalue weighted by atomic mass is 79.9. The normalized spacial score (nSPS) is 10.7. The van der Waals surface area contributed by atoms with E-state index >= 15 is 0 Å². The van der Waals surface area contributed by atoms with Crippen molar-refractivity contribution in [2.45, 2.75) is 18.3 Å². The largest absolute Gasteiger partial charge is 0.411 e. The second-order valence-corrected chi connectivity index (χ2v) is 8.73. The van der Waals surface area contributed by atoms with E-state index in [1.807, 2.05) is 89.8 Å². The Labute approximate surface area is 193 Å². The van der Waals surface area contributed by atoms with Crippen LogP contribution in [-0.4, -0.2) is 26.8 Å². The zero-order chi connectivity index (χ0) is 21.5. The van der Waals surface area contributed by atoms with E-state index in [9.17, 15) is 4.79 Å². The highest BCUT2D eigenvalue weighted by Gasteiger charge is 2.17. The summed E-state index contributed by atoms with van der Waals surface area (Å²) >= 11 is 4.67. The second-order valence-electron chi connectivity index (χ2n) is 6.89. The minimum atomic E-state index is 0.0149. The molecule has 0 bridgehead atoms. The van der Waals surface area contributed by atoms with Gasteiger partial charge in [-0.3, -0.25) is 4.79 Å². The molecule has 3 aromatic carbocycles. The molecule has 0 saturated carbocycles. The monoisotopic (exact) mass is 493 g/mol. The molecule has 1 heterocycles. The smallest absolute Gasteiger partial charge is 0.277 e. The third kappa shape index (κ3) is 6.06. The zero-order valence-corrected chi connectivity index (χ0v) is 19.1. The predicted octanol–water partition coefficient (Wildman–Crippen LogP) is 5.82. The van der Waals surface area contributed by atoms with Gasteiger partial charge in [0.1, 0.15) is 0 Å². The molecular formula is C24H20BrN3O2S. The average molecular weight is 494 g/mol. The number of rotatable bonds is 8. The molecule has 7 heteroatoms. The Kier molecular flexibility index (Phi) is 7.17. The minimum Gasteiger partial charge on any atom is -0.411 e. The standard InChI is InChI=1S/C24H20BrN3O2S/c25-21-13-11-20(12-14-21)23-26-27-24(30-23)31-17-22(29)28(15-18-7-3-1-4-8-18)16-19-9-5-2-6-10-19/h1-14H,15-17H2. The molecule has 0 spiro atoms. The lowest BCUT2D eigenvalue weighted by Gasteiger charge is -2.23. The Morgan fingerprint density at radius 2 is 1.42 bits per heavy atom. The van der Waals surface area contributed by atoms with E-state index in [0.717, 1.165) is 21.2 Å². The molecule has 0 unspecified atom stereocenters. The molecule has 156 valence electrons. The van der Waals surface area contributed by atoms with Crippen LogP contribution in [0, 0.1) is 0 Å². The maximum Gasteiger partial charge on any atom is 0.277 e. The van der Waals surface area contributed by atoms with Crippen LogP contribution in [0.5, 0.6) is 0 Å². The molecule has 31 heavy (non-hydrogen) atoms. The average Bonchev–Trinajstić information content (AvgIpc) is 3.28. The van der Waals surface area contributed by atoms with Gasteiger partial charge in [-0.25, -0.2) is 0 Å². The van der Waals surface area contributed by atoms with Gasteiger partial charge in [-0.1, -0.05) is 88.4 Å². The molecule has 0 aliphatic heterocycles. The second kappa shape index (κ2) is 10.4. The molecule has 5 nitrogen and oxygen atoms in total. The van der Waals surface area contributed by atoms with Crippen molar-refractivity contribution in [3.05, 3.63) is 101 Å². The van der Waals surface area contributed by atoms with Crippen molar-refractivity contribution in [3.8, 4) is 11.5 Å².